The fourth-order valence-electron chi connectivity index (χ4n) is 4.71. The van der Waals surface area contributed by atoms with Gasteiger partial charge in [-0.05, 0) is 48.9 Å². The summed E-state index contributed by atoms with van der Waals surface area (Å²) in [5.74, 6) is -1.34. The number of aryl methyl sites for hydroxylation is 4. The van der Waals surface area contributed by atoms with Gasteiger partial charge in [0.05, 0.1) is 32.5 Å². The van der Waals surface area contributed by atoms with E-state index in [0.717, 1.165) is 48.1 Å². The first-order valence-electron chi connectivity index (χ1n) is 13.9. The molecule has 0 bridgehead atoms. The SMILES string of the molecule is Nc1cc(Cl)c2c(CCc3ccccc3)nccn12.Nc1cc(Cl)c2c(CCc3ccccc3)nccn12.O=C(O)CC(=O)O. The van der Waals surface area contributed by atoms with E-state index in [2.05, 4.69) is 34.2 Å². The Morgan fingerprint density at radius 2 is 1.02 bits per heavy atom. The number of benzene rings is 2. The van der Waals surface area contributed by atoms with Crippen molar-refractivity contribution in [3.05, 3.63) is 130 Å². The molecular weight excluding hydrogens is 615 g/mol. The Morgan fingerprint density at radius 1 is 0.644 bits per heavy atom. The Kier molecular flexibility index (Phi) is 11.4. The third kappa shape index (κ3) is 8.98. The van der Waals surface area contributed by atoms with Crippen LogP contribution in [0.5, 0.6) is 0 Å². The Balaban J connectivity index is 0.000000170. The molecular formula is C33H32Cl2N6O4. The number of fused-ring (bicyclic) bond motifs is 2. The molecule has 6 rings (SSSR count). The molecule has 0 fully saturated rings. The molecule has 0 saturated heterocycles. The van der Waals surface area contributed by atoms with Gasteiger partial charge in [0, 0.05) is 24.8 Å². The molecule has 0 radical (unpaired) electrons. The minimum Gasteiger partial charge on any atom is -0.481 e. The van der Waals surface area contributed by atoms with E-state index in [-0.39, 0.29) is 0 Å². The van der Waals surface area contributed by atoms with Gasteiger partial charge in [0.2, 0.25) is 0 Å². The zero-order valence-corrected chi connectivity index (χ0v) is 25.7. The Morgan fingerprint density at radius 3 is 1.36 bits per heavy atom. The summed E-state index contributed by atoms with van der Waals surface area (Å²) in [7, 11) is 0. The Labute approximate surface area is 269 Å². The number of nitrogens with two attached hydrogens (primary N) is 2. The average molecular weight is 648 g/mol. The largest absolute Gasteiger partial charge is 0.481 e. The van der Waals surface area contributed by atoms with E-state index in [1.54, 1.807) is 24.5 Å². The molecule has 12 heteroatoms. The summed E-state index contributed by atoms with van der Waals surface area (Å²) in [5.41, 5.74) is 18.2. The van der Waals surface area contributed by atoms with Crippen molar-refractivity contribution in [2.24, 2.45) is 0 Å². The maximum Gasteiger partial charge on any atom is 0.314 e. The van der Waals surface area contributed by atoms with Crippen molar-refractivity contribution in [3.63, 3.8) is 0 Å². The summed E-state index contributed by atoms with van der Waals surface area (Å²) in [6.45, 7) is 0. The van der Waals surface area contributed by atoms with E-state index >= 15 is 0 Å². The molecule has 0 saturated carbocycles. The number of hydrogen-bond donors (Lipinski definition) is 4. The predicted octanol–water partition coefficient (Wildman–Crippen LogP) is 6.26. The molecule has 0 amide bonds. The minimum atomic E-state index is -1.31. The molecule has 4 aromatic heterocycles. The van der Waals surface area contributed by atoms with Crippen molar-refractivity contribution in [1.82, 2.24) is 18.8 Å². The van der Waals surface area contributed by atoms with Gasteiger partial charge in [0.1, 0.15) is 18.1 Å². The van der Waals surface area contributed by atoms with E-state index in [0.29, 0.717) is 21.7 Å². The highest BCUT2D eigenvalue weighted by atomic mass is 35.5. The standard InChI is InChI=1S/2C15H14ClN3.C3H4O4/c2*16-12-10-14(17)19-9-8-18-13(15(12)19)7-6-11-4-2-1-3-5-11;4-2(5)1-3(6)7/h2*1-5,8-10H,6-7,17H2;1H2,(H,4,5)(H,6,7). The van der Waals surface area contributed by atoms with Crippen molar-refractivity contribution in [3.8, 4) is 0 Å². The number of hydrogen-bond acceptors (Lipinski definition) is 6. The van der Waals surface area contributed by atoms with E-state index in [4.69, 9.17) is 44.9 Å². The molecule has 6 aromatic rings. The van der Waals surface area contributed by atoms with E-state index in [1.165, 1.54) is 11.1 Å². The van der Waals surface area contributed by atoms with Crippen LogP contribution in [0.3, 0.4) is 0 Å². The molecule has 0 spiro atoms. The van der Waals surface area contributed by atoms with Crippen LogP contribution < -0.4 is 11.5 Å². The van der Waals surface area contributed by atoms with Crippen molar-refractivity contribution in [2.75, 3.05) is 11.5 Å². The maximum atomic E-state index is 9.43. The Hall–Kier alpha value is -5.06. The van der Waals surface area contributed by atoms with Gasteiger partial charge in [-0.3, -0.25) is 28.4 Å². The number of nitrogen functional groups attached to an aromatic ring is 2. The van der Waals surface area contributed by atoms with Gasteiger partial charge in [0.25, 0.3) is 0 Å². The molecule has 2 aromatic carbocycles. The first kappa shape index (κ1) is 32.8. The molecule has 0 atom stereocenters. The van der Waals surface area contributed by atoms with Crippen molar-refractivity contribution in [2.45, 2.75) is 32.1 Å². The molecule has 0 aliphatic heterocycles. The number of carboxylic acid groups (broad SMARTS) is 2. The van der Waals surface area contributed by atoms with Gasteiger partial charge in [0.15, 0.2) is 0 Å². The van der Waals surface area contributed by atoms with Crippen LogP contribution in [0.4, 0.5) is 11.6 Å². The van der Waals surface area contributed by atoms with Crippen molar-refractivity contribution in [1.29, 1.82) is 0 Å². The number of anilines is 2. The van der Waals surface area contributed by atoms with Gasteiger partial charge in [-0.25, -0.2) is 0 Å². The Bertz CT molecular complexity index is 1750. The second-order valence-electron chi connectivity index (χ2n) is 9.95. The minimum absolute atomic E-state index is 0.642. The van der Waals surface area contributed by atoms with Crippen LogP contribution in [0.2, 0.25) is 10.0 Å². The first-order valence-corrected chi connectivity index (χ1v) is 14.7. The summed E-state index contributed by atoms with van der Waals surface area (Å²) >= 11 is 12.4. The second-order valence-corrected chi connectivity index (χ2v) is 10.8. The first-order chi connectivity index (χ1) is 21.6. The van der Waals surface area contributed by atoms with Crippen molar-refractivity contribution >= 4 is 57.8 Å². The highest BCUT2D eigenvalue weighted by Crippen LogP contribution is 2.27. The molecule has 6 N–H and O–H groups in total. The van der Waals surface area contributed by atoms with Crippen LogP contribution in [0.1, 0.15) is 28.9 Å². The van der Waals surface area contributed by atoms with Crippen LogP contribution in [0.15, 0.2) is 97.6 Å². The van der Waals surface area contributed by atoms with Crippen LogP contribution >= 0.6 is 23.2 Å². The molecule has 4 heterocycles. The monoisotopic (exact) mass is 646 g/mol. The third-order valence-corrected chi connectivity index (χ3v) is 7.34. The van der Waals surface area contributed by atoms with E-state index < -0.39 is 18.4 Å². The van der Waals surface area contributed by atoms with Crippen LogP contribution in [0, 0.1) is 0 Å². The molecule has 0 aliphatic carbocycles. The van der Waals surface area contributed by atoms with Crippen molar-refractivity contribution < 1.29 is 19.8 Å². The second kappa shape index (κ2) is 15.6. The zero-order valence-electron chi connectivity index (χ0n) is 24.2. The predicted molar refractivity (Wildman–Crippen MR) is 177 cm³/mol. The topological polar surface area (TPSA) is 161 Å². The fraction of sp³-hybridized carbons (Fsp3) is 0.152. The molecule has 0 aliphatic rings. The quantitative estimate of drug-likeness (QED) is 0.141. The molecule has 232 valence electrons. The zero-order chi connectivity index (χ0) is 32.3. The van der Waals surface area contributed by atoms with Gasteiger partial charge >= 0.3 is 11.9 Å². The highest BCUT2D eigenvalue weighted by Gasteiger charge is 2.12. The number of rotatable bonds is 8. The lowest BCUT2D eigenvalue weighted by molar-refractivity contribution is -0.147. The number of aromatic nitrogens is 4. The lowest BCUT2D eigenvalue weighted by atomic mass is 10.1. The van der Waals surface area contributed by atoms with Crippen LogP contribution in [-0.4, -0.2) is 40.9 Å². The lowest BCUT2D eigenvalue weighted by Gasteiger charge is -2.05. The number of carbonyl (C=O) groups is 2. The van der Waals surface area contributed by atoms with Gasteiger partial charge in [-0.1, -0.05) is 83.9 Å². The van der Waals surface area contributed by atoms with E-state index in [9.17, 15) is 9.59 Å². The number of nitrogens with zero attached hydrogens (tertiary/aromatic N) is 4. The molecule has 10 nitrogen and oxygen atoms in total. The molecule has 0 unspecified atom stereocenters. The number of carboxylic acids is 2. The lowest BCUT2D eigenvalue weighted by Crippen LogP contribution is -2.03. The van der Waals surface area contributed by atoms with Gasteiger partial charge < -0.3 is 21.7 Å². The van der Waals surface area contributed by atoms with Crippen LogP contribution in [-0.2, 0) is 35.3 Å². The third-order valence-electron chi connectivity index (χ3n) is 6.77. The normalized spacial score (nSPS) is 10.5. The molecule has 45 heavy (non-hydrogen) atoms. The summed E-state index contributed by atoms with van der Waals surface area (Å²) in [6, 6.07) is 24.2. The summed E-state index contributed by atoms with van der Waals surface area (Å²) < 4.78 is 3.77. The van der Waals surface area contributed by atoms with E-state index in [1.807, 2.05) is 57.6 Å². The number of halogens is 2. The van der Waals surface area contributed by atoms with Crippen LogP contribution in [0.25, 0.3) is 11.0 Å². The highest BCUT2D eigenvalue weighted by molar-refractivity contribution is 6.35. The smallest absolute Gasteiger partial charge is 0.314 e. The maximum absolute atomic E-state index is 9.43. The summed E-state index contributed by atoms with van der Waals surface area (Å²) in [6.07, 6.45) is 9.96. The van der Waals surface area contributed by atoms with Gasteiger partial charge in [-0.15, -0.1) is 0 Å². The average Bonchev–Trinajstić information content (AvgIpc) is 3.49. The van der Waals surface area contributed by atoms with Gasteiger partial charge in [-0.2, -0.15) is 0 Å². The number of aliphatic carboxylic acids is 2. The fourth-order valence-corrected chi connectivity index (χ4v) is 5.33. The summed E-state index contributed by atoms with van der Waals surface area (Å²) in [5, 5.41) is 16.7. The summed E-state index contributed by atoms with van der Waals surface area (Å²) in [4.78, 5) is 27.7.